The zero-order valence-electron chi connectivity index (χ0n) is 10.3. The molecule has 0 spiro atoms. The first kappa shape index (κ1) is 13.3. The quantitative estimate of drug-likeness (QED) is 0.672. The minimum atomic E-state index is 0.106. The summed E-state index contributed by atoms with van der Waals surface area (Å²) in [7, 11) is 0. The van der Waals surface area contributed by atoms with Crippen LogP contribution in [0.3, 0.4) is 0 Å². The fraction of sp³-hybridized carbons (Fsp3) is 1.00. The Balaban J connectivity index is 2.28. The van der Waals surface area contributed by atoms with Gasteiger partial charge in [0.15, 0.2) is 0 Å². The summed E-state index contributed by atoms with van der Waals surface area (Å²) in [4.78, 5) is 0. The Hall–Kier alpha value is 0.270. The fourth-order valence-electron chi connectivity index (χ4n) is 1.93. The van der Waals surface area contributed by atoms with Crippen LogP contribution in [-0.2, 0) is 0 Å². The Kier molecular flexibility index (Phi) is 4.94. The molecule has 15 heavy (non-hydrogen) atoms. The molecule has 0 unspecified atom stereocenters. The maximum atomic E-state index is 9.43. The number of aliphatic hydroxyl groups is 1. The predicted molar refractivity (Wildman–Crippen MR) is 68.5 cm³/mol. The summed E-state index contributed by atoms with van der Waals surface area (Å²) in [5.74, 6) is 0. The third kappa shape index (κ3) is 3.36. The van der Waals surface area contributed by atoms with Crippen molar-refractivity contribution in [1.29, 1.82) is 0 Å². The minimum absolute atomic E-state index is 0.106. The lowest BCUT2D eigenvalue weighted by atomic mass is 9.83. The Bertz CT molecular complexity index is 180. The number of hydrogen-bond acceptors (Lipinski definition) is 3. The van der Waals surface area contributed by atoms with Crippen molar-refractivity contribution in [3.63, 3.8) is 0 Å². The summed E-state index contributed by atoms with van der Waals surface area (Å²) >= 11 is 1.99. The molecule has 90 valence electrons. The highest BCUT2D eigenvalue weighted by atomic mass is 32.2. The van der Waals surface area contributed by atoms with E-state index in [1.54, 1.807) is 0 Å². The number of rotatable bonds is 8. The topological polar surface area (TPSA) is 32.3 Å². The van der Waals surface area contributed by atoms with E-state index in [4.69, 9.17) is 0 Å². The molecule has 0 aromatic heterocycles. The van der Waals surface area contributed by atoms with Crippen molar-refractivity contribution in [2.24, 2.45) is 5.41 Å². The van der Waals surface area contributed by atoms with Gasteiger partial charge < -0.3 is 10.4 Å². The van der Waals surface area contributed by atoms with Gasteiger partial charge in [-0.1, -0.05) is 13.8 Å². The smallest absolute Gasteiger partial charge is 0.0499 e. The van der Waals surface area contributed by atoms with E-state index in [2.05, 4.69) is 25.4 Å². The fourth-order valence-corrected chi connectivity index (χ4v) is 2.68. The Morgan fingerprint density at radius 1 is 1.33 bits per heavy atom. The van der Waals surface area contributed by atoms with E-state index in [0.29, 0.717) is 11.4 Å². The molecule has 1 fully saturated rings. The summed E-state index contributed by atoms with van der Waals surface area (Å²) < 4.78 is 0.530. The highest BCUT2D eigenvalue weighted by Crippen LogP contribution is 2.46. The molecule has 0 aliphatic heterocycles. The third-order valence-corrected chi connectivity index (χ3v) is 5.44. The molecule has 2 N–H and O–H groups in total. The standard InChI is InChI=1S/C12H25NOS/c1-4-11(5-2,10-14)8-13-9-12(15-3)6-7-12/h13-14H,4-10H2,1-3H3. The lowest BCUT2D eigenvalue weighted by molar-refractivity contribution is 0.113. The highest BCUT2D eigenvalue weighted by molar-refractivity contribution is 8.00. The highest BCUT2D eigenvalue weighted by Gasteiger charge is 2.41. The van der Waals surface area contributed by atoms with Gasteiger partial charge in [0.2, 0.25) is 0 Å². The molecule has 0 amide bonds. The van der Waals surface area contributed by atoms with Crippen LogP contribution in [-0.4, -0.2) is 35.8 Å². The lowest BCUT2D eigenvalue weighted by Crippen LogP contribution is -2.39. The van der Waals surface area contributed by atoms with Crippen molar-refractivity contribution < 1.29 is 5.11 Å². The van der Waals surface area contributed by atoms with Gasteiger partial charge in [0.1, 0.15) is 0 Å². The summed E-state index contributed by atoms with van der Waals surface area (Å²) in [6.45, 7) is 6.71. The number of aliphatic hydroxyl groups excluding tert-OH is 1. The average molecular weight is 231 g/mol. The van der Waals surface area contributed by atoms with Gasteiger partial charge in [-0.2, -0.15) is 11.8 Å². The Morgan fingerprint density at radius 2 is 1.93 bits per heavy atom. The van der Waals surface area contributed by atoms with Crippen molar-refractivity contribution in [1.82, 2.24) is 5.32 Å². The maximum Gasteiger partial charge on any atom is 0.0499 e. The van der Waals surface area contributed by atoms with E-state index in [0.717, 1.165) is 25.9 Å². The lowest BCUT2D eigenvalue weighted by Gasteiger charge is -2.30. The molecule has 0 aromatic carbocycles. The van der Waals surface area contributed by atoms with Crippen molar-refractivity contribution in [3.8, 4) is 0 Å². The van der Waals surface area contributed by atoms with E-state index in [1.807, 2.05) is 11.8 Å². The molecule has 0 heterocycles. The first-order valence-electron chi connectivity index (χ1n) is 6.02. The van der Waals surface area contributed by atoms with Crippen molar-refractivity contribution in [3.05, 3.63) is 0 Å². The zero-order chi connectivity index (χ0) is 11.4. The molecule has 0 aromatic rings. The van der Waals surface area contributed by atoms with Crippen LogP contribution in [0.4, 0.5) is 0 Å². The summed E-state index contributed by atoms with van der Waals surface area (Å²) in [5.41, 5.74) is 0.106. The van der Waals surface area contributed by atoms with Gasteiger partial charge in [-0.15, -0.1) is 0 Å². The maximum absolute atomic E-state index is 9.43. The molecule has 0 radical (unpaired) electrons. The van der Waals surface area contributed by atoms with Gasteiger partial charge in [-0.25, -0.2) is 0 Å². The number of nitrogens with one attached hydrogen (secondary N) is 1. The van der Waals surface area contributed by atoms with E-state index in [9.17, 15) is 5.11 Å². The van der Waals surface area contributed by atoms with E-state index < -0.39 is 0 Å². The molecule has 0 saturated heterocycles. The van der Waals surface area contributed by atoms with Crippen LogP contribution in [0.1, 0.15) is 39.5 Å². The molecule has 1 aliphatic carbocycles. The number of thioether (sulfide) groups is 1. The van der Waals surface area contributed by atoms with Gasteiger partial charge in [-0.3, -0.25) is 0 Å². The van der Waals surface area contributed by atoms with Crippen LogP contribution in [0.25, 0.3) is 0 Å². The Morgan fingerprint density at radius 3 is 2.27 bits per heavy atom. The normalized spacial score (nSPS) is 19.2. The molecule has 3 heteroatoms. The second-order valence-corrected chi connectivity index (χ2v) is 6.13. The SMILES string of the molecule is CCC(CC)(CO)CNCC1(SC)CC1. The summed E-state index contributed by atoms with van der Waals surface area (Å²) in [5, 5.41) is 13.0. The number of hydrogen-bond donors (Lipinski definition) is 2. The first-order valence-corrected chi connectivity index (χ1v) is 7.25. The molecular formula is C12H25NOS. The van der Waals surface area contributed by atoms with Crippen LogP contribution < -0.4 is 5.32 Å². The molecule has 2 nitrogen and oxygen atoms in total. The van der Waals surface area contributed by atoms with Gasteiger partial charge in [0.25, 0.3) is 0 Å². The van der Waals surface area contributed by atoms with Gasteiger partial charge in [0, 0.05) is 29.9 Å². The monoisotopic (exact) mass is 231 g/mol. The summed E-state index contributed by atoms with van der Waals surface area (Å²) in [6, 6.07) is 0. The first-order chi connectivity index (χ1) is 7.16. The van der Waals surface area contributed by atoms with E-state index >= 15 is 0 Å². The van der Waals surface area contributed by atoms with E-state index in [-0.39, 0.29) is 5.41 Å². The molecule has 0 bridgehead atoms. The van der Waals surface area contributed by atoms with Crippen LogP contribution in [0.5, 0.6) is 0 Å². The van der Waals surface area contributed by atoms with Gasteiger partial charge in [0.05, 0.1) is 0 Å². The van der Waals surface area contributed by atoms with Crippen LogP contribution >= 0.6 is 11.8 Å². The second-order valence-electron chi connectivity index (χ2n) is 4.86. The van der Waals surface area contributed by atoms with Crippen molar-refractivity contribution in [2.75, 3.05) is 26.0 Å². The second kappa shape index (κ2) is 5.55. The molecule has 1 saturated carbocycles. The van der Waals surface area contributed by atoms with Gasteiger partial charge in [-0.05, 0) is 31.9 Å². The van der Waals surface area contributed by atoms with Crippen LogP contribution in [0, 0.1) is 5.41 Å². The van der Waals surface area contributed by atoms with Gasteiger partial charge >= 0.3 is 0 Å². The summed E-state index contributed by atoms with van der Waals surface area (Å²) in [6.07, 6.45) is 7.02. The zero-order valence-corrected chi connectivity index (χ0v) is 11.1. The van der Waals surface area contributed by atoms with Crippen LogP contribution in [0.2, 0.25) is 0 Å². The van der Waals surface area contributed by atoms with Crippen LogP contribution in [0.15, 0.2) is 0 Å². The van der Waals surface area contributed by atoms with Crippen molar-refractivity contribution in [2.45, 2.75) is 44.3 Å². The van der Waals surface area contributed by atoms with E-state index in [1.165, 1.54) is 12.8 Å². The molecular weight excluding hydrogens is 206 g/mol. The largest absolute Gasteiger partial charge is 0.396 e. The average Bonchev–Trinajstić information content (AvgIpc) is 3.06. The molecule has 1 rings (SSSR count). The minimum Gasteiger partial charge on any atom is -0.396 e. The Labute approximate surface area is 98.2 Å². The van der Waals surface area contributed by atoms with Crippen molar-refractivity contribution >= 4 is 11.8 Å². The molecule has 0 atom stereocenters. The third-order valence-electron chi connectivity index (χ3n) is 4.02. The molecule has 1 aliphatic rings. The predicted octanol–water partition coefficient (Wildman–Crippen LogP) is 2.27.